The van der Waals surface area contributed by atoms with Gasteiger partial charge in [-0.25, -0.2) is 0 Å². The number of nitrogens with two attached hydrogens (primary N) is 1. The highest BCUT2D eigenvalue weighted by Gasteiger charge is 2.08. The highest BCUT2D eigenvalue weighted by Crippen LogP contribution is 2.27. The lowest BCUT2D eigenvalue weighted by Crippen LogP contribution is -2.38. The van der Waals surface area contributed by atoms with Crippen LogP contribution in [-0.2, 0) is 0 Å². The van der Waals surface area contributed by atoms with Crippen LogP contribution in [0.4, 0.5) is 0 Å². The van der Waals surface area contributed by atoms with Crippen molar-refractivity contribution in [3.05, 3.63) is 23.8 Å². The van der Waals surface area contributed by atoms with Gasteiger partial charge in [-0.05, 0) is 38.7 Å². The fraction of sp³-hybridized carbons (Fsp3) is 0.538. The Kier molecular flexibility index (Phi) is 5.25. The summed E-state index contributed by atoms with van der Waals surface area (Å²) in [5.74, 6) is 1.49. The van der Waals surface area contributed by atoms with Crippen molar-refractivity contribution in [3.8, 4) is 11.5 Å². The second kappa shape index (κ2) is 6.47. The fourth-order valence-corrected chi connectivity index (χ4v) is 1.61. The first-order chi connectivity index (χ1) is 8.02. The summed E-state index contributed by atoms with van der Waals surface area (Å²) < 4.78 is 10.9. The Hall–Kier alpha value is -1.26. The van der Waals surface area contributed by atoms with Crippen molar-refractivity contribution in [1.29, 1.82) is 0 Å². The van der Waals surface area contributed by atoms with Gasteiger partial charge in [0, 0.05) is 6.54 Å². The van der Waals surface area contributed by atoms with Gasteiger partial charge < -0.3 is 20.1 Å². The predicted octanol–water partition coefficient (Wildman–Crippen LogP) is 1.27. The molecule has 2 N–H and O–H groups in total. The molecule has 96 valence electrons. The van der Waals surface area contributed by atoms with E-state index in [4.69, 9.17) is 15.2 Å². The zero-order valence-electron chi connectivity index (χ0n) is 11.1. The van der Waals surface area contributed by atoms with Gasteiger partial charge in [0.05, 0.1) is 13.2 Å². The number of rotatable bonds is 6. The third kappa shape index (κ3) is 4.63. The summed E-state index contributed by atoms with van der Waals surface area (Å²) in [6, 6.07) is 5.86. The number of nitrogens with zero attached hydrogens (tertiary/aromatic N) is 1. The van der Waals surface area contributed by atoms with Crippen molar-refractivity contribution in [3.63, 3.8) is 0 Å². The molecular formula is C13H22N2O2. The zero-order chi connectivity index (χ0) is 12.8. The number of likely N-dealkylation sites (N-methyl/N-ethyl adjacent to an activating group) is 1. The van der Waals surface area contributed by atoms with E-state index in [0.29, 0.717) is 6.61 Å². The molecule has 1 rings (SSSR count). The molecular weight excluding hydrogens is 216 g/mol. The van der Waals surface area contributed by atoms with E-state index in [0.717, 1.165) is 23.6 Å². The van der Waals surface area contributed by atoms with Gasteiger partial charge in [0.2, 0.25) is 0 Å². The molecule has 0 aromatic heterocycles. The van der Waals surface area contributed by atoms with Gasteiger partial charge in [-0.2, -0.15) is 0 Å². The Balaban J connectivity index is 2.56. The average molecular weight is 238 g/mol. The predicted molar refractivity (Wildman–Crippen MR) is 69.8 cm³/mol. The minimum atomic E-state index is -0.00370. The molecule has 0 radical (unpaired) electrons. The Morgan fingerprint density at radius 1 is 1.29 bits per heavy atom. The normalized spacial score (nSPS) is 12.6. The molecule has 0 aliphatic rings. The second-order valence-corrected chi connectivity index (χ2v) is 4.49. The molecule has 0 aliphatic carbocycles. The van der Waals surface area contributed by atoms with Gasteiger partial charge in [-0.15, -0.1) is 0 Å². The van der Waals surface area contributed by atoms with Crippen molar-refractivity contribution in [1.82, 2.24) is 4.90 Å². The van der Waals surface area contributed by atoms with Crippen molar-refractivity contribution >= 4 is 0 Å². The van der Waals surface area contributed by atoms with Crippen LogP contribution in [0.2, 0.25) is 0 Å². The Morgan fingerprint density at radius 2 is 2.00 bits per heavy atom. The van der Waals surface area contributed by atoms with Crippen LogP contribution in [0.15, 0.2) is 18.2 Å². The SMILES string of the molecule is COc1cc(C)ccc1OCC(N)CN(C)C. The van der Waals surface area contributed by atoms with Gasteiger partial charge in [0.25, 0.3) is 0 Å². The standard InChI is InChI=1S/C13H22N2O2/c1-10-5-6-12(13(7-10)16-4)17-9-11(14)8-15(2)3/h5-7,11H,8-9,14H2,1-4H3. The summed E-state index contributed by atoms with van der Waals surface area (Å²) in [6.45, 7) is 3.30. The molecule has 0 amide bonds. The minimum Gasteiger partial charge on any atom is -0.493 e. The molecule has 0 saturated heterocycles. The number of aryl methyl sites for hydroxylation is 1. The summed E-state index contributed by atoms with van der Waals surface area (Å²) >= 11 is 0. The molecule has 0 fully saturated rings. The average Bonchev–Trinajstić information content (AvgIpc) is 2.26. The van der Waals surface area contributed by atoms with Crippen molar-refractivity contribution in [2.45, 2.75) is 13.0 Å². The smallest absolute Gasteiger partial charge is 0.161 e. The third-order valence-electron chi connectivity index (χ3n) is 2.37. The quantitative estimate of drug-likeness (QED) is 0.811. The van der Waals surface area contributed by atoms with E-state index < -0.39 is 0 Å². The lowest BCUT2D eigenvalue weighted by Gasteiger charge is -2.18. The van der Waals surface area contributed by atoms with Crippen molar-refractivity contribution in [2.24, 2.45) is 5.73 Å². The summed E-state index contributed by atoms with van der Waals surface area (Å²) in [5.41, 5.74) is 7.08. The maximum absolute atomic E-state index is 5.94. The van der Waals surface area contributed by atoms with E-state index in [1.807, 2.05) is 44.1 Å². The zero-order valence-corrected chi connectivity index (χ0v) is 11.1. The van der Waals surface area contributed by atoms with E-state index in [-0.39, 0.29) is 6.04 Å². The van der Waals surface area contributed by atoms with Crippen LogP contribution in [-0.4, -0.2) is 45.3 Å². The van der Waals surface area contributed by atoms with Crippen molar-refractivity contribution in [2.75, 3.05) is 34.4 Å². The first kappa shape index (κ1) is 13.8. The molecule has 1 aromatic carbocycles. The van der Waals surface area contributed by atoms with E-state index in [9.17, 15) is 0 Å². The molecule has 1 unspecified atom stereocenters. The highest BCUT2D eigenvalue weighted by molar-refractivity contribution is 5.42. The number of hydrogen-bond donors (Lipinski definition) is 1. The number of methoxy groups -OCH3 is 1. The molecule has 0 saturated carbocycles. The molecule has 4 nitrogen and oxygen atoms in total. The van der Waals surface area contributed by atoms with Crippen LogP contribution in [0.5, 0.6) is 11.5 Å². The molecule has 0 bridgehead atoms. The van der Waals surface area contributed by atoms with Gasteiger partial charge in [0.1, 0.15) is 6.61 Å². The first-order valence-electron chi connectivity index (χ1n) is 5.70. The third-order valence-corrected chi connectivity index (χ3v) is 2.37. The monoisotopic (exact) mass is 238 g/mol. The van der Waals surface area contributed by atoms with Crippen LogP contribution >= 0.6 is 0 Å². The van der Waals surface area contributed by atoms with Crippen LogP contribution in [0, 0.1) is 6.92 Å². The van der Waals surface area contributed by atoms with Crippen LogP contribution in [0.25, 0.3) is 0 Å². The fourth-order valence-electron chi connectivity index (χ4n) is 1.61. The van der Waals surface area contributed by atoms with Crippen LogP contribution < -0.4 is 15.2 Å². The summed E-state index contributed by atoms with van der Waals surface area (Å²) in [4.78, 5) is 2.04. The summed E-state index contributed by atoms with van der Waals surface area (Å²) in [6.07, 6.45) is 0. The van der Waals surface area contributed by atoms with Crippen LogP contribution in [0.3, 0.4) is 0 Å². The maximum atomic E-state index is 5.94. The lowest BCUT2D eigenvalue weighted by molar-refractivity contribution is 0.244. The van der Waals surface area contributed by atoms with Gasteiger partial charge in [-0.3, -0.25) is 0 Å². The van der Waals surface area contributed by atoms with Gasteiger partial charge >= 0.3 is 0 Å². The summed E-state index contributed by atoms with van der Waals surface area (Å²) in [5, 5.41) is 0. The number of benzene rings is 1. The minimum absolute atomic E-state index is 0.00370. The van der Waals surface area contributed by atoms with Crippen molar-refractivity contribution < 1.29 is 9.47 Å². The largest absolute Gasteiger partial charge is 0.493 e. The number of hydrogen-bond acceptors (Lipinski definition) is 4. The van der Waals surface area contributed by atoms with E-state index in [1.165, 1.54) is 0 Å². The molecule has 17 heavy (non-hydrogen) atoms. The van der Waals surface area contributed by atoms with Gasteiger partial charge in [0.15, 0.2) is 11.5 Å². The molecule has 0 aliphatic heterocycles. The Labute approximate surface area is 103 Å². The number of ether oxygens (including phenoxy) is 2. The van der Waals surface area contributed by atoms with E-state index in [2.05, 4.69) is 0 Å². The lowest BCUT2D eigenvalue weighted by atomic mass is 10.2. The molecule has 0 spiro atoms. The molecule has 1 atom stereocenters. The molecule has 0 heterocycles. The Morgan fingerprint density at radius 3 is 2.59 bits per heavy atom. The van der Waals surface area contributed by atoms with E-state index >= 15 is 0 Å². The summed E-state index contributed by atoms with van der Waals surface area (Å²) in [7, 11) is 5.63. The topological polar surface area (TPSA) is 47.7 Å². The van der Waals surface area contributed by atoms with Gasteiger partial charge in [-0.1, -0.05) is 6.07 Å². The van der Waals surface area contributed by atoms with Crippen LogP contribution in [0.1, 0.15) is 5.56 Å². The molecule has 1 aromatic rings. The molecule has 4 heteroatoms. The van der Waals surface area contributed by atoms with E-state index in [1.54, 1.807) is 7.11 Å². The second-order valence-electron chi connectivity index (χ2n) is 4.49. The first-order valence-corrected chi connectivity index (χ1v) is 5.70. The Bertz CT molecular complexity index is 353. The maximum Gasteiger partial charge on any atom is 0.161 e. The highest BCUT2D eigenvalue weighted by atomic mass is 16.5.